The molecule has 0 spiro atoms. The molecule has 3 heterocycles. The maximum Gasteiger partial charge on any atom is 0.132 e. The SMILES string of the molecule is CN(C)c1ncccc1CN1CCO[C@@H](c2cccc(-c3cccc(F)c3)n2)C1. The van der Waals surface area contributed by atoms with E-state index in [1.807, 2.05) is 55.5 Å². The average molecular weight is 392 g/mol. The van der Waals surface area contributed by atoms with Gasteiger partial charge >= 0.3 is 0 Å². The van der Waals surface area contributed by atoms with Crippen LogP contribution >= 0.6 is 0 Å². The number of rotatable bonds is 5. The van der Waals surface area contributed by atoms with Crippen LogP contribution in [0.5, 0.6) is 0 Å². The van der Waals surface area contributed by atoms with E-state index in [1.165, 1.54) is 17.7 Å². The van der Waals surface area contributed by atoms with Crippen molar-refractivity contribution in [3.8, 4) is 11.3 Å². The molecule has 1 fully saturated rings. The van der Waals surface area contributed by atoms with Gasteiger partial charge in [0, 0.05) is 51.1 Å². The van der Waals surface area contributed by atoms with E-state index in [1.54, 1.807) is 6.07 Å². The second-order valence-electron chi connectivity index (χ2n) is 7.43. The van der Waals surface area contributed by atoms with Gasteiger partial charge in [0.05, 0.1) is 18.0 Å². The summed E-state index contributed by atoms with van der Waals surface area (Å²) in [5.74, 6) is 0.727. The molecule has 1 aliphatic heterocycles. The van der Waals surface area contributed by atoms with Crippen LogP contribution in [0.4, 0.5) is 10.2 Å². The molecule has 1 saturated heterocycles. The number of hydrogen-bond donors (Lipinski definition) is 0. The maximum atomic E-state index is 13.6. The van der Waals surface area contributed by atoms with Gasteiger partial charge < -0.3 is 9.64 Å². The molecule has 150 valence electrons. The highest BCUT2D eigenvalue weighted by Crippen LogP contribution is 2.26. The summed E-state index contributed by atoms with van der Waals surface area (Å²) >= 11 is 0. The molecule has 3 aromatic rings. The molecule has 0 aliphatic carbocycles. The molecule has 1 aromatic carbocycles. The number of anilines is 1. The number of hydrogen-bond acceptors (Lipinski definition) is 5. The third-order valence-electron chi connectivity index (χ3n) is 5.06. The Morgan fingerprint density at radius 3 is 2.83 bits per heavy atom. The van der Waals surface area contributed by atoms with E-state index in [4.69, 9.17) is 9.72 Å². The predicted octanol–water partition coefficient (Wildman–Crippen LogP) is 3.92. The molecule has 4 rings (SSSR count). The molecule has 0 bridgehead atoms. The van der Waals surface area contributed by atoms with Gasteiger partial charge in [-0.05, 0) is 30.3 Å². The number of ether oxygens (including phenoxy) is 1. The molecule has 0 N–H and O–H groups in total. The van der Waals surface area contributed by atoms with Crippen LogP contribution in [-0.4, -0.2) is 48.7 Å². The fourth-order valence-corrected chi connectivity index (χ4v) is 3.66. The van der Waals surface area contributed by atoms with Crippen molar-refractivity contribution in [1.29, 1.82) is 0 Å². The van der Waals surface area contributed by atoms with Crippen molar-refractivity contribution < 1.29 is 9.13 Å². The van der Waals surface area contributed by atoms with Crippen LogP contribution in [0, 0.1) is 5.82 Å². The summed E-state index contributed by atoms with van der Waals surface area (Å²) in [6.45, 7) is 3.07. The zero-order valence-corrected chi connectivity index (χ0v) is 16.8. The Hall–Kier alpha value is -2.83. The van der Waals surface area contributed by atoms with Gasteiger partial charge in [-0.25, -0.2) is 9.37 Å². The van der Waals surface area contributed by atoms with E-state index in [2.05, 4.69) is 16.0 Å². The molecule has 0 unspecified atom stereocenters. The largest absolute Gasteiger partial charge is 0.369 e. The van der Waals surface area contributed by atoms with Crippen molar-refractivity contribution in [2.24, 2.45) is 0 Å². The molecule has 6 heteroatoms. The average Bonchev–Trinajstić information content (AvgIpc) is 2.74. The second-order valence-corrected chi connectivity index (χ2v) is 7.43. The summed E-state index contributed by atoms with van der Waals surface area (Å²) in [6.07, 6.45) is 1.71. The fraction of sp³-hybridized carbons (Fsp3) is 0.304. The Morgan fingerprint density at radius 1 is 1.14 bits per heavy atom. The van der Waals surface area contributed by atoms with Crippen molar-refractivity contribution in [2.75, 3.05) is 38.7 Å². The number of benzene rings is 1. The molecule has 5 nitrogen and oxygen atoms in total. The lowest BCUT2D eigenvalue weighted by Crippen LogP contribution is -2.38. The Kier molecular flexibility index (Phi) is 5.83. The summed E-state index contributed by atoms with van der Waals surface area (Å²) in [6, 6.07) is 16.4. The highest BCUT2D eigenvalue weighted by Gasteiger charge is 2.24. The summed E-state index contributed by atoms with van der Waals surface area (Å²) in [5.41, 5.74) is 3.59. The van der Waals surface area contributed by atoms with Gasteiger partial charge in [0.15, 0.2) is 0 Å². The third-order valence-corrected chi connectivity index (χ3v) is 5.06. The van der Waals surface area contributed by atoms with Gasteiger partial charge in [0.1, 0.15) is 17.7 Å². The third kappa shape index (κ3) is 4.60. The summed E-state index contributed by atoms with van der Waals surface area (Å²) in [5, 5.41) is 0. The highest BCUT2D eigenvalue weighted by atomic mass is 19.1. The predicted molar refractivity (Wildman–Crippen MR) is 112 cm³/mol. The summed E-state index contributed by atoms with van der Waals surface area (Å²) < 4.78 is 19.6. The number of pyridine rings is 2. The molecular formula is C23H25FN4O. The van der Waals surface area contributed by atoms with E-state index >= 15 is 0 Å². The van der Waals surface area contributed by atoms with Gasteiger partial charge in [0.25, 0.3) is 0 Å². The minimum atomic E-state index is -0.261. The van der Waals surface area contributed by atoms with Crippen molar-refractivity contribution in [3.63, 3.8) is 0 Å². The van der Waals surface area contributed by atoms with Gasteiger partial charge in [-0.3, -0.25) is 9.88 Å². The minimum Gasteiger partial charge on any atom is -0.369 e. The quantitative estimate of drug-likeness (QED) is 0.658. The molecule has 0 saturated carbocycles. The molecule has 2 aromatic heterocycles. The smallest absolute Gasteiger partial charge is 0.132 e. The Balaban J connectivity index is 1.51. The highest BCUT2D eigenvalue weighted by molar-refractivity contribution is 5.59. The van der Waals surface area contributed by atoms with Gasteiger partial charge in [0.2, 0.25) is 0 Å². The Labute approximate surface area is 170 Å². The van der Waals surface area contributed by atoms with Crippen LogP contribution < -0.4 is 4.90 Å². The molecule has 0 amide bonds. The van der Waals surface area contributed by atoms with Gasteiger partial charge in [-0.2, -0.15) is 0 Å². The van der Waals surface area contributed by atoms with E-state index in [9.17, 15) is 4.39 Å². The van der Waals surface area contributed by atoms with Crippen LogP contribution in [0.15, 0.2) is 60.8 Å². The van der Waals surface area contributed by atoms with Crippen LogP contribution in [0.1, 0.15) is 17.4 Å². The first-order valence-corrected chi connectivity index (χ1v) is 9.78. The zero-order valence-electron chi connectivity index (χ0n) is 16.8. The van der Waals surface area contributed by atoms with E-state index in [0.29, 0.717) is 6.61 Å². The Morgan fingerprint density at radius 2 is 2.00 bits per heavy atom. The normalized spacial score (nSPS) is 17.3. The van der Waals surface area contributed by atoms with Crippen LogP contribution in [-0.2, 0) is 11.3 Å². The number of aromatic nitrogens is 2. The van der Waals surface area contributed by atoms with Crippen LogP contribution in [0.3, 0.4) is 0 Å². The molecule has 0 radical (unpaired) electrons. The monoisotopic (exact) mass is 392 g/mol. The van der Waals surface area contributed by atoms with Crippen LogP contribution in [0.25, 0.3) is 11.3 Å². The van der Waals surface area contributed by atoms with Crippen molar-refractivity contribution >= 4 is 5.82 Å². The lowest BCUT2D eigenvalue weighted by atomic mass is 10.1. The Bertz CT molecular complexity index is 978. The summed E-state index contributed by atoms with van der Waals surface area (Å²) in [4.78, 5) is 13.7. The van der Waals surface area contributed by atoms with Gasteiger partial charge in [-0.15, -0.1) is 0 Å². The summed E-state index contributed by atoms with van der Waals surface area (Å²) in [7, 11) is 4.02. The lowest BCUT2D eigenvalue weighted by Gasteiger charge is -2.33. The molecule has 1 aliphatic rings. The van der Waals surface area contributed by atoms with E-state index in [0.717, 1.165) is 42.4 Å². The van der Waals surface area contributed by atoms with Crippen molar-refractivity contribution in [1.82, 2.24) is 14.9 Å². The van der Waals surface area contributed by atoms with E-state index < -0.39 is 0 Å². The standard InChI is InChI=1S/C23H25FN4O/c1-27(2)23-18(7-5-11-25-23)15-28-12-13-29-22(16-28)21-10-4-9-20(26-21)17-6-3-8-19(24)14-17/h3-11,14,22H,12-13,15-16H2,1-2H3/t22-/m1/s1. The second kappa shape index (κ2) is 8.68. The zero-order chi connectivity index (χ0) is 20.2. The molecule has 1 atom stereocenters. The van der Waals surface area contributed by atoms with E-state index in [-0.39, 0.29) is 11.9 Å². The number of nitrogens with zero attached hydrogens (tertiary/aromatic N) is 4. The molecule has 29 heavy (non-hydrogen) atoms. The number of morpholine rings is 1. The topological polar surface area (TPSA) is 41.5 Å². The van der Waals surface area contributed by atoms with Gasteiger partial charge in [-0.1, -0.05) is 24.3 Å². The molecular weight excluding hydrogens is 367 g/mol. The first-order valence-electron chi connectivity index (χ1n) is 9.78. The first kappa shape index (κ1) is 19.5. The fourth-order valence-electron chi connectivity index (χ4n) is 3.66. The first-order chi connectivity index (χ1) is 14.1. The maximum absolute atomic E-state index is 13.6. The van der Waals surface area contributed by atoms with Crippen molar-refractivity contribution in [2.45, 2.75) is 12.6 Å². The number of halogens is 1. The van der Waals surface area contributed by atoms with Crippen LogP contribution in [0.2, 0.25) is 0 Å². The lowest BCUT2D eigenvalue weighted by molar-refractivity contribution is -0.0349. The van der Waals surface area contributed by atoms with Crippen molar-refractivity contribution in [3.05, 3.63) is 77.9 Å². The minimum absolute atomic E-state index is 0.114.